The molecule has 22 heavy (non-hydrogen) atoms. The van der Waals surface area contributed by atoms with Gasteiger partial charge in [-0.2, -0.15) is 0 Å². The summed E-state index contributed by atoms with van der Waals surface area (Å²) < 4.78 is 0. The van der Waals surface area contributed by atoms with Gasteiger partial charge in [0.05, 0.1) is 12.1 Å². The van der Waals surface area contributed by atoms with Crippen LogP contribution in [0.2, 0.25) is 0 Å². The number of benzene rings is 1. The third-order valence-corrected chi connectivity index (χ3v) is 4.48. The lowest BCUT2D eigenvalue weighted by Gasteiger charge is -2.28. The van der Waals surface area contributed by atoms with E-state index in [0.29, 0.717) is 12.2 Å². The van der Waals surface area contributed by atoms with Gasteiger partial charge in [-0.25, -0.2) is 0 Å². The second-order valence-corrected chi connectivity index (χ2v) is 6.27. The van der Waals surface area contributed by atoms with Gasteiger partial charge < -0.3 is 20.7 Å². The van der Waals surface area contributed by atoms with E-state index in [-0.39, 0.29) is 11.9 Å². The smallest absolute Gasteiger partial charge is 0.268 e. The minimum Gasteiger partial charge on any atom is -0.390 e. The first kappa shape index (κ1) is 15.1. The molecule has 2 atom stereocenters. The molecular formula is C17H23N3O2. The zero-order chi connectivity index (χ0) is 15.9. The van der Waals surface area contributed by atoms with Gasteiger partial charge in [0.15, 0.2) is 0 Å². The van der Waals surface area contributed by atoms with Crippen molar-refractivity contribution in [3.8, 4) is 0 Å². The molecule has 0 bridgehead atoms. The number of rotatable bonds is 2. The Balaban J connectivity index is 1.91. The van der Waals surface area contributed by atoms with Crippen LogP contribution < -0.4 is 10.6 Å². The van der Waals surface area contributed by atoms with Crippen LogP contribution in [0.1, 0.15) is 33.6 Å². The van der Waals surface area contributed by atoms with Crippen LogP contribution in [0.25, 0.3) is 10.9 Å². The summed E-state index contributed by atoms with van der Waals surface area (Å²) in [5.41, 5.74) is 4.89. The van der Waals surface area contributed by atoms with E-state index >= 15 is 0 Å². The summed E-state index contributed by atoms with van der Waals surface area (Å²) >= 11 is 0. The average Bonchev–Trinajstić information content (AvgIpc) is 2.78. The Morgan fingerprint density at radius 2 is 2.09 bits per heavy atom. The fraction of sp³-hybridized carbons (Fsp3) is 0.471. The number of aromatic nitrogens is 1. The Morgan fingerprint density at radius 3 is 2.82 bits per heavy atom. The molecule has 0 aliphatic carbocycles. The number of carbonyl (C=O) groups excluding carboxylic acids is 1. The zero-order valence-corrected chi connectivity index (χ0v) is 13.3. The van der Waals surface area contributed by atoms with Crippen LogP contribution in [0.4, 0.5) is 0 Å². The second kappa shape index (κ2) is 5.74. The van der Waals surface area contributed by atoms with E-state index in [0.717, 1.165) is 29.4 Å². The summed E-state index contributed by atoms with van der Waals surface area (Å²) in [6, 6.07) is 4.00. The monoisotopic (exact) mass is 301 g/mol. The van der Waals surface area contributed by atoms with E-state index in [1.807, 2.05) is 13.8 Å². The Hall–Kier alpha value is -1.85. The predicted molar refractivity (Wildman–Crippen MR) is 87.3 cm³/mol. The van der Waals surface area contributed by atoms with Crippen molar-refractivity contribution in [2.75, 3.05) is 13.1 Å². The molecular weight excluding hydrogens is 278 g/mol. The number of aromatic amines is 1. The molecule has 5 heteroatoms. The molecule has 1 amide bonds. The molecule has 0 spiro atoms. The number of carbonyl (C=O) groups is 1. The van der Waals surface area contributed by atoms with Crippen molar-refractivity contribution in [1.29, 1.82) is 0 Å². The van der Waals surface area contributed by atoms with Crippen LogP contribution in [0, 0.1) is 20.8 Å². The van der Waals surface area contributed by atoms with Crippen molar-refractivity contribution in [2.45, 2.75) is 39.3 Å². The van der Waals surface area contributed by atoms with E-state index < -0.39 is 6.10 Å². The number of hydrogen-bond donors (Lipinski definition) is 4. The van der Waals surface area contributed by atoms with Crippen LogP contribution in [-0.4, -0.2) is 41.2 Å². The van der Waals surface area contributed by atoms with Gasteiger partial charge in [0, 0.05) is 17.4 Å². The first-order valence-corrected chi connectivity index (χ1v) is 7.76. The topological polar surface area (TPSA) is 77.2 Å². The number of amides is 1. The fourth-order valence-electron chi connectivity index (χ4n) is 3.40. The number of nitrogens with one attached hydrogen (secondary N) is 3. The first-order valence-electron chi connectivity index (χ1n) is 7.76. The normalized spacial score (nSPS) is 22.0. The van der Waals surface area contributed by atoms with E-state index in [2.05, 4.69) is 34.7 Å². The van der Waals surface area contributed by atoms with Gasteiger partial charge in [-0.3, -0.25) is 4.79 Å². The predicted octanol–water partition coefficient (Wildman–Crippen LogP) is 1.55. The van der Waals surface area contributed by atoms with Crippen molar-refractivity contribution >= 4 is 16.8 Å². The summed E-state index contributed by atoms with van der Waals surface area (Å²) in [5, 5.41) is 17.2. The van der Waals surface area contributed by atoms with Gasteiger partial charge in [0.25, 0.3) is 5.91 Å². The Morgan fingerprint density at radius 1 is 1.32 bits per heavy atom. The molecule has 1 aliphatic rings. The maximum absolute atomic E-state index is 12.6. The lowest BCUT2D eigenvalue weighted by atomic mass is 10.0. The van der Waals surface area contributed by atoms with Gasteiger partial charge >= 0.3 is 0 Å². The SMILES string of the molecule is Cc1cc(C)c2c(C)c(C(=O)N[C@@H]3CCNC[C@H]3O)[nH]c2c1. The number of aliphatic hydroxyl groups is 1. The molecule has 1 aromatic carbocycles. The number of piperidine rings is 1. The molecule has 2 aromatic rings. The van der Waals surface area contributed by atoms with Crippen molar-refractivity contribution in [3.05, 3.63) is 34.5 Å². The molecule has 1 fully saturated rings. The Kier molecular flexibility index (Phi) is 3.93. The molecule has 3 rings (SSSR count). The summed E-state index contributed by atoms with van der Waals surface area (Å²) in [6.45, 7) is 7.41. The van der Waals surface area contributed by atoms with E-state index in [1.54, 1.807) is 0 Å². The molecule has 4 N–H and O–H groups in total. The van der Waals surface area contributed by atoms with Gasteiger partial charge in [-0.15, -0.1) is 0 Å². The Bertz CT molecular complexity index is 720. The number of hydrogen-bond acceptors (Lipinski definition) is 3. The Labute approximate surface area is 130 Å². The zero-order valence-electron chi connectivity index (χ0n) is 13.3. The molecule has 1 aliphatic heterocycles. The van der Waals surface area contributed by atoms with Crippen LogP contribution in [0.5, 0.6) is 0 Å². The van der Waals surface area contributed by atoms with Crippen LogP contribution in [0.15, 0.2) is 12.1 Å². The third-order valence-electron chi connectivity index (χ3n) is 4.48. The van der Waals surface area contributed by atoms with Gasteiger partial charge in [0.2, 0.25) is 0 Å². The minimum atomic E-state index is -0.536. The molecule has 0 unspecified atom stereocenters. The van der Waals surface area contributed by atoms with Crippen molar-refractivity contribution in [1.82, 2.24) is 15.6 Å². The second-order valence-electron chi connectivity index (χ2n) is 6.27. The van der Waals surface area contributed by atoms with Crippen molar-refractivity contribution in [2.24, 2.45) is 0 Å². The summed E-state index contributed by atoms with van der Waals surface area (Å²) in [4.78, 5) is 15.8. The highest BCUT2D eigenvalue weighted by Gasteiger charge is 2.26. The molecule has 0 saturated carbocycles. The largest absolute Gasteiger partial charge is 0.390 e. The van der Waals surface area contributed by atoms with E-state index in [9.17, 15) is 9.90 Å². The number of H-pyrrole nitrogens is 1. The lowest BCUT2D eigenvalue weighted by molar-refractivity contribution is 0.0761. The number of fused-ring (bicyclic) bond motifs is 1. The van der Waals surface area contributed by atoms with Crippen LogP contribution in [0.3, 0.4) is 0 Å². The van der Waals surface area contributed by atoms with Crippen LogP contribution in [-0.2, 0) is 0 Å². The highest BCUT2D eigenvalue weighted by molar-refractivity contribution is 6.02. The molecule has 2 heterocycles. The minimum absolute atomic E-state index is 0.142. The number of aryl methyl sites for hydroxylation is 3. The van der Waals surface area contributed by atoms with Gasteiger partial charge in [-0.05, 0) is 56.5 Å². The summed E-state index contributed by atoms with van der Waals surface area (Å²) in [7, 11) is 0. The fourth-order valence-corrected chi connectivity index (χ4v) is 3.40. The standard InChI is InChI=1S/C17H23N3O2/c1-9-6-10(2)15-11(3)16(19-13(15)7-9)17(22)20-12-4-5-18-8-14(12)21/h6-7,12,14,18-19,21H,4-5,8H2,1-3H3,(H,20,22)/t12-,14-/m1/s1. The summed E-state index contributed by atoms with van der Waals surface area (Å²) in [6.07, 6.45) is 0.205. The molecule has 118 valence electrons. The van der Waals surface area contributed by atoms with Crippen LogP contribution >= 0.6 is 0 Å². The maximum atomic E-state index is 12.6. The third kappa shape index (κ3) is 2.62. The highest BCUT2D eigenvalue weighted by atomic mass is 16.3. The molecule has 1 saturated heterocycles. The maximum Gasteiger partial charge on any atom is 0.268 e. The number of β-amino-alcohol motifs (C(OH)–C–C–N with tert-alkyl or cyclic N) is 1. The van der Waals surface area contributed by atoms with E-state index in [4.69, 9.17) is 0 Å². The van der Waals surface area contributed by atoms with Crippen molar-refractivity contribution < 1.29 is 9.90 Å². The van der Waals surface area contributed by atoms with Gasteiger partial charge in [-0.1, -0.05) is 6.07 Å². The molecule has 5 nitrogen and oxygen atoms in total. The average molecular weight is 301 g/mol. The van der Waals surface area contributed by atoms with Gasteiger partial charge in [0.1, 0.15) is 5.69 Å². The van der Waals surface area contributed by atoms with Crippen molar-refractivity contribution in [3.63, 3.8) is 0 Å². The number of aliphatic hydroxyl groups excluding tert-OH is 1. The summed E-state index contributed by atoms with van der Waals surface area (Å²) in [5.74, 6) is -0.142. The lowest BCUT2D eigenvalue weighted by Crippen LogP contribution is -2.52. The molecule has 1 aromatic heterocycles. The highest BCUT2D eigenvalue weighted by Crippen LogP contribution is 2.26. The van der Waals surface area contributed by atoms with E-state index in [1.165, 1.54) is 11.1 Å². The first-order chi connectivity index (χ1) is 10.5. The molecule has 0 radical (unpaired) electrons. The quantitative estimate of drug-likeness (QED) is 0.679.